The van der Waals surface area contributed by atoms with E-state index in [1.807, 2.05) is 12.3 Å². The predicted octanol–water partition coefficient (Wildman–Crippen LogP) is 5.07. The first kappa shape index (κ1) is 16.1. The lowest BCUT2D eigenvalue weighted by molar-refractivity contribution is 0.385. The summed E-state index contributed by atoms with van der Waals surface area (Å²) in [5.41, 5.74) is 3.22. The summed E-state index contributed by atoms with van der Waals surface area (Å²) < 4.78 is 0. The number of pyridine rings is 1. The lowest BCUT2D eigenvalue weighted by Gasteiger charge is -2.15. The zero-order chi connectivity index (χ0) is 17.2. The maximum atomic E-state index is 6.02. The van der Waals surface area contributed by atoms with Crippen LogP contribution in [0.4, 0.5) is 0 Å². The number of fused-ring (bicyclic) bond motifs is 3. The van der Waals surface area contributed by atoms with Crippen LogP contribution in [0, 0.1) is 5.92 Å². The molecule has 25 heavy (non-hydrogen) atoms. The molecule has 0 aromatic carbocycles. The monoisotopic (exact) mass is 356 g/mol. The smallest absolute Gasteiger partial charge is 0.158 e. The molecule has 3 N–H and O–H groups in total. The van der Waals surface area contributed by atoms with Crippen molar-refractivity contribution in [1.82, 2.24) is 30.1 Å². The Labute approximate surface area is 150 Å². The van der Waals surface area contributed by atoms with E-state index in [0.717, 1.165) is 28.0 Å². The van der Waals surface area contributed by atoms with Crippen LogP contribution in [0.2, 0.25) is 5.02 Å². The predicted molar refractivity (Wildman–Crippen MR) is 101 cm³/mol. The van der Waals surface area contributed by atoms with E-state index >= 15 is 0 Å². The Morgan fingerprint density at radius 2 is 2.00 bits per heavy atom. The molecule has 1 aliphatic carbocycles. The van der Waals surface area contributed by atoms with E-state index in [4.69, 9.17) is 11.6 Å². The van der Waals surface area contributed by atoms with E-state index < -0.39 is 0 Å². The van der Waals surface area contributed by atoms with Gasteiger partial charge in [0.05, 0.1) is 22.9 Å². The number of imidazole rings is 1. The van der Waals surface area contributed by atoms with Gasteiger partial charge in [-0.1, -0.05) is 50.6 Å². The van der Waals surface area contributed by atoms with Gasteiger partial charge in [0.15, 0.2) is 5.82 Å². The SMILES string of the molecule is CC1CCCCC1.Clc1cn[nH]c1-c1nc2c(cnc3[nH]ccc32)[nH]1. The van der Waals surface area contributed by atoms with Crippen LogP contribution < -0.4 is 0 Å². The molecule has 5 rings (SSSR count). The topological polar surface area (TPSA) is 86.0 Å². The van der Waals surface area contributed by atoms with Crippen molar-refractivity contribution in [3.63, 3.8) is 0 Å². The van der Waals surface area contributed by atoms with Gasteiger partial charge in [-0.05, 0) is 12.0 Å². The van der Waals surface area contributed by atoms with Crippen LogP contribution in [0.3, 0.4) is 0 Å². The van der Waals surface area contributed by atoms with Crippen LogP contribution in [0.25, 0.3) is 33.6 Å². The maximum Gasteiger partial charge on any atom is 0.158 e. The summed E-state index contributed by atoms with van der Waals surface area (Å²) in [4.78, 5) is 15.1. The Morgan fingerprint density at radius 1 is 1.16 bits per heavy atom. The lowest BCUT2D eigenvalue weighted by Crippen LogP contribution is -1.99. The number of rotatable bonds is 1. The Kier molecular flexibility index (Phi) is 4.44. The third kappa shape index (κ3) is 3.26. The fraction of sp³-hybridized carbons (Fsp3) is 0.389. The van der Waals surface area contributed by atoms with Crippen molar-refractivity contribution < 1.29 is 0 Å². The summed E-state index contributed by atoms with van der Waals surface area (Å²) in [7, 11) is 0. The maximum absolute atomic E-state index is 6.02. The molecule has 1 fully saturated rings. The number of nitrogens with one attached hydrogen (secondary N) is 3. The van der Waals surface area contributed by atoms with Crippen molar-refractivity contribution in [2.45, 2.75) is 39.0 Å². The molecule has 7 heteroatoms. The summed E-state index contributed by atoms with van der Waals surface area (Å²) in [5, 5.41) is 8.21. The summed E-state index contributed by atoms with van der Waals surface area (Å²) in [6, 6.07) is 1.95. The van der Waals surface area contributed by atoms with Crippen molar-refractivity contribution in [2.75, 3.05) is 0 Å². The molecule has 0 spiro atoms. The largest absolute Gasteiger partial charge is 0.346 e. The van der Waals surface area contributed by atoms with E-state index in [-0.39, 0.29) is 0 Å². The highest BCUT2D eigenvalue weighted by molar-refractivity contribution is 6.32. The molecule has 4 aromatic heterocycles. The van der Waals surface area contributed by atoms with Crippen molar-refractivity contribution in [3.8, 4) is 11.5 Å². The molecule has 1 aliphatic rings. The van der Waals surface area contributed by atoms with Gasteiger partial charge < -0.3 is 9.97 Å². The van der Waals surface area contributed by atoms with Crippen molar-refractivity contribution in [2.24, 2.45) is 5.92 Å². The van der Waals surface area contributed by atoms with Gasteiger partial charge in [0.25, 0.3) is 0 Å². The minimum atomic E-state index is 0.535. The van der Waals surface area contributed by atoms with Gasteiger partial charge in [-0.15, -0.1) is 0 Å². The number of hydrogen-bond acceptors (Lipinski definition) is 3. The Hall–Kier alpha value is -2.34. The molecule has 0 amide bonds. The molecule has 0 radical (unpaired) electrons. The average molecular weight is 357 g/mol. The quantitative estimate of drug-likeness (QED) is 0.445. The van der Waals surface area contributed by atoms with Gasteiger partial charge in [0, 0.05) is 11.6 Å². The standard InChI is InChI=1S/C11H7ClN6.C7H14/c12-6-3-15-18-9(6)11-16-7-4-14-10-5(1-2-13-10)8(7)17-11;1-7-5-3-2-4-6-7/h1-4H,(H,13,14)(H,15,18)(H,16,17);7H,2-6H2,1H3. The van der Waals surface area contributed by atoms with Crippen molar-refractivity contribution in [3.05, 3.63) is 29.7 Å². The van der Waals surface area contributed by atoms with E-state index in [0.29, 0.717) is 16.5 Å². The van der Waals surface area contributed by atoms with E-state index in [1.165, 1.54) is 32.1 Å². The third-order valence-corrected chi connectivity index (χ3v) is 5.05. The Bertz CT molecular complexity index is 976. The number of nitrogens with zero attached hydrogens (tertiary/aromatic N) is 3. The number of H-pyrrole nitrogens is 3. The molecule has 0 bridgehead atoms. The highest BCUT2D eigenvalue weighted by Gasteiger charge is 2.13. The lowest BCUT2D eigenvalue weighted by atomic mass is 9.91. The summed E-state index contributed by atoms with van der Waals surface area (Å²) >= 11 is 6.02. The number of halogens is 1. The fourth-order valence-corrected chi connectivity index (χ4v) is 3.52. The molecular weight excluding hydrogens is 336 g/mol. The Balaban J connectivity index is 0.000000190. The normalized spacial score (nSPS) is 15.4. The second kappa shape index (κ2) is 6.88. The number of aromatic amines is 3. The number of aromatic nitrogens is 6. The minimum absolute atomic E-state index is 0.535. The third-order valence-electron chi connectivity index (χ3n) is 4.76. The van der Waals surface area contributed by atoms with Crippen LogP contribution >= 0.6 is 11.6 Å². The van der Waals surface area contributed by atoms with Gasteiger partial charge in [-0.3, -0.25) is 5.10 Å². The molecule has 1 saturated carbocycles. The van der Waals surface area contributed by atoms with Crippen LogP contribution in [0.1, 0.15) is 39.0 Å². The van der Waals surface area contributed by atoms with Gasteiger partial charge in [0.2, 0.25) is 0 Å². The van der Waals surface area contributed by atoms with Crippen LogP contribution in [0.5, 0.6) is 0 Å². The molecule has 0 aliphatic heterocycles. The highest BCUT2D eigenvalue weighted by Crippen LogP contribution is 2.27. The summed E-state index contributed by atoms with van der Waals surface area (Å²) in [5.74, 6) is 1.69. The Morgan fingerprint density at radius 3 is 2.68 bits per heavy atom. The molecule has 4 aromatic rings. The number of hydrogen-bond donors (Lipinski definition) is 3. The van der Waals surface area contributed by atoms with Crippen molar-refractivity contribution in [1.29, 1.82) is 0 Å². The first-order valence-corrected chi connectivity index (χ1v) is 9.11. The molecule has 0 unspecified atom stereocenters. The molecule has 6 nitrogen and oxygen atoms in total. The van der Waals surface area contributed by atoms with Crippen LogP contribution in [0.15, 0.2) is 24.7 Å². The van der Waals surface area contributed by atoms with Gasteiger partial charge in [0.1, 0.15) is 16.9 Å². The molecule has 0 atom stereocenters. The first-order chi connectivity index (χ1) is 12.2. The second-order valence-corrected chi connectivity index (χ2v) is 7.09. The van der Waals surface area contributed by atoms with E-state index in [9.17, 15) is 0 Å². The fourth-order valence-electron chi connectivity index (χ4n) is 3.34. The van der Waals surface area contributed by atoms with E-state index in [2.05, 4.69) is 37.1 Å². The highest BCUT2D eigenvalue weighted by atomic mass is 35.5. The zero-order valence-corrected chi connectivity index (χ0v) is 14.9. The summed E-state index contributed by atoms with van der Waals surface area (Å²) in [6.45, 7) is 2.36. The van der Waals surface area contributed by atoms with Gasteiger partial charge >= 0.3 is 0 Å². The van der Waals surface area contributed by atoms with Gasteiger partial charge in [-0.25, -0.2) is 9.97 Å². The summed E-state index contributed by atoms with van der Waals surface area (Å²) in [6.07, 6.45) is 12.6. The molecule has 4 heterocycles. The van der Waals surface area contributed by atoms with E-state index in [1.54, 1.807) is 12.4 Å². The average Bonchev–Trinajstić information content (AvgIpc) is 3.33. The molecule has 0 saturated heterocycles. The minimum Gasteiger partial charge on any atom is -0.346 e. The first-order valence-electron chi connectivity index (χ1n) is 8.73. The zero-order valence-electron chi connectivity index (χ0n) is 14.1. The van der Waals surface area contributed by atoms with Crippen LogP contribution in [-0.2, 0) is 0 Å². The molecule has 130 valence electrons. The van der Waals surface area contributed by atoms with Gasteiger partial charge in [-0.2, -0.15) is 5.10 Å². The van der Waals surface area contributed by atoms with Crippen LogP contribution in [-0.4, -0.2) is 30.1 Å². The second-order valence-electron chi connectivity index (χ2n) is 6.68. The molecular formula is C18H21ClN6. The van der Waals surface area contributed by atoms with Crippen molar-refractivity contribution >= 4 is 33.7 Å².